The summed E-state index contributed by atoms with van der Waals surface area (Å²) in [5.41, 5.74) is -0.373. The summed E-state index contributed by atoms with van der Waals surface area (Å²) >= 11 is 8.84. The standard InChI is InChI=1S/C9H4BrClN2O3/c10-6-2-7(13(15)16)9(14)4-1-8(11)12-3-5(4)6/h1-3,14H. The first-order chi connectivity index (χ1) is 7.50. The topological polar surface area (TPSA) is 76.3 Å². The summed E-state index contributed by atoms with van der Waals surface area (Å²) in [5.74, 6) is -0.410. The van der Waals surface area contributed by atoms with E-state index in [2.05, 4.69) is 20.9 Å². The second-order valence-electron chi connectivity index (χ2n) is 3.04. The van der Waals surface area contributed by atoms with Crippen molar-refractivity contribution >= 4 is 44.0 Å². The molecule has 7 heteroatoms. The molecule has 0 saturated heterocycles. The third kappa shape index (κ3) is 1.70. The highest BCUT2D eigenvalue weighted by Gasteiger charge is 2.19. The smallest absolute Gasteiger partial charge is 0.312 e. The van der Waals surface area contributed by atoms with Crippen molar-refractivity contribution in [2.24, 2.45) is 0 Å². The van der Waals surface area contributed by atoms with E-state index in [1.165, 1.54) is 18.3 Å². The Labute approximate surface area is 103 Å². The molecule has 16 heavy (non-hydrogen) atoms. The Hall–Kier alpha value is -1.40. The van der Waals surface area contributed by atoms with Gasteiger partial charge in [0.2, 0.25) is 5.75 Å². The van der Waals surface area contributed by atoms with Gasteiger partial charge in [0.1, 0.15) is 5.15 Å². The molecule has 2 aromatic rings. The van der Waals surface area contributed by atoms with E-state index >= 15 is 0 Å². The van der Waals surface area contributed by atoms with Gasteiger partial charge in [0.15, 0.2) is 0 Å². The van der Waals surface area contributed by atoms with Gasteiger partial charge in [-0.15, -0.1) is 0 Å². The molecule has 1 heterocycles. The van der Waals surface area contributed by atoms with E-state index < -0.39 is 10.7 Å². The molecular weight excluding hydrogens is 299 g/mol. The van der Waals surface area contributed by atoms with Crippen LogP contribution in [-0.2, 0) is 0 Å². The normalized spacial score (nSPS) is 10.6. The highest BCUT2D eigenvalue weighted by atomic mass is 79.9. The summed E-state index contributed by atoms with van der Waals surface area (Å²) in [7, 11) is 0. The van der Waals surface area contributed by atoms with Gasteiger partial charge in [0.05, 0.1) is 4.92 Å². The number of phenols is 1. The largest absolute Gasteiger partial charge is 0.502 e. The fourth-order valence-corrected chi connectivity index (χ4v) is 2.05. The third-order valence-corrected chi connectivity index (χ3v) is 2.95. The van der Waals surface area contributed by atoms with Crippen LogP contribution in [0.1, 0.15) is 0 Å². The zero-order chi connectivity index (χ0) is 11.9. The second kappa shape index (κ2) is 3.88. The summed E-state index contributed by atoms with van der Waals surface area (Å²) in [6.07, 6.45) is 1.44. The molecule has 0 unspecified atom stereocenters. The van der Waals surface area contributed by atoms with Crippen molar-refractivity contribution in [1.29, 1.82) is 0 Å². The number of aromatic hydroxyl groups is 1. The maximum atomic E-state index is 10.7. The first kappa shape index (κ1) is 11.1. The highest BCUT2D eigenvalue weighted by Crippen LogP contribution is 2.39. The van der Waals surface area contributed by atoms with Gasteiger partial charge in [-0.2, -0.15) is 0 Å². The Kier molecular flexibility index (Phi) is 2.69. The number of hydrogen-bond donors (Lipinski definition) is 1. The van der Waals surface area contributed by atoms with Crippen molar-refractivity contribution in [2.75, 3.05) is 0 Å². The van der Waals surface area contributed by atoms with Gasteiger partial charge < -0.3 is 5.11 Å². The molecule has 0 aliphatic carbocycles. The summed E-state index contributed by atoms with van der Waals surface area (Å²) in [4.78, 5) is 13.9. The van der Waals surface area contributed by atoms with Crippen molar-refractivity contribution in [3.8, 4) is 5.75 Å². The Morgan fingerprint density at radius 2 is 2.12 bits per heavy atom. The molecule has 1 aromatic carbocycles. The highest BCUT2D eigenvalue weighted by molar-refractivity contribution is 9.10. The van der Waals surface area contributed by atoms with Gasteiger partial charge in [-0.3, -0.25) is 10.1 Å². The molecule has 5 nitrogen and oxygen atoms in total. The van der Waals surface area contributed by atoms with Crippen molar-refractivity contribution in [3.63, 3.8) is 0 Å². The molecule has 0 aliphatic rings. The fraction of sp³-hybridized carbons (Fsp3) is 0. The van der Waals surface area contributed by atoms with Crippen molar-refractivity contribution in [1.82, 2.24) is 4.98 Å². The van der Waals surface area contributed by atoms with Crippen molar-refractivity contribution < 1.29 is 10.0 Å². The van der Waals surface area contributed by atoms with E-state index in [9.17, 15) is 15.2 Å². The van der Waals surface area contributed by atoms with Crippen LogP contribution in [0.3, 0.4) is 0 Å². The van der Waals surface area contributed by atoms with E-state index in [1.807, 2.05) is 0 Å². The molecule has 0 aliphatic heterocycles. The minimum atomic E-state index is -0.659. The molecule has 2 rings (SSSR count). The summed E-state index contributed by atoms with van der Waals surface area (Å²) in [6.45, 7) is 0. The number of rotatable bonds is 1. The average molecular weight is 303 g/mol. The lowest BCUT2D eigenvalue weighted by atomic mass is 10.1. The maximum Gasteiger partial charge on any atom is 0.312 e. The molecule has 0 amide bonds. The van der Waals surface area contributed by atoms with Gasteiger partial charge >= 0.3 is 5.69 Å². The molecule has 0 spiro atoms. The Balaban J connectivity index is 2.91. The van der Waals surface area contributed by atoms with Crippen molar-refractivity contribution in [2.45, 2.75) is 0 Å². The molecule has 0 radical (unpaired) electrons. The van der Waals surface area contributed by atoms with E-state index in [4.69, 9.17) is 11.6 Å². The van der Waals surface area contributed by atoms with Crippen LogP contribution >= 0.6 is 27.5 Å². The minimum Gasteiger partial charge on any atom is -0.502 e. The Morgan fingerprint density at radius 1 is 1.44 bits per heavy atom. The SMILES string of the molecule is O=[N+]([O-])c1cc(Br)c2cnc(Cl)cc2c1O. The van der Waals surface area contributed by atoms with Crippen LogP contribution in [-0.4, -0.2) is 15.0 Å². The zero-order valence-electron chi connectivity index (χ0n) is 7.65. The molecule has 1 N–H and O–H groups in total. The first-order valence-corrected chi connectivity index (χ1v) is 5.29. The number of aromatic nitrogens is 1. The average Bonchev–Trinajstić information content (AvgIpc) is 2.22. The lowest BCUT2D eigenvalue weighted by Gasteiger charge is -2.04. The monoisotopic (exact) mass is 302 g/mol. The van der Waals surface area contributed by atoms with E-state index in [-0.39, 0.29) is 10.8 Å². The molecule has 1 aromatic heterocycles. The van der Waals surface area contributed by atoms with Crippen LogP contribution in [0.25, 0.3) is 10.8 Å². The predicted octanol–water partition coefficient (Wildman–Crippen LogP) is 3.26. The lowest BCUT2D eigenvalue weighted by molar-refractivity contribution is -0.385. The van der Waals surface area contributed by atoms with Crippen LogP contribution in [0, 0.1) is 10.1 Å². The second-order valence-corrected chi connectivity index (χ2v) is 4.28. The number of pyridine rings is 1. The Bertz CT molecular complexity index is 603. The van der Waals surface area contributed by atoms with Crippen LogP contribution in [0.15, 0.2) is 22.8 Å². The van der Waals surface area contributed by atoms with Gasteiger partial charge in [-0.05, 0) is 22.0 Å². The number of fused-ring (bicyclic) bond motifs is 1. The van der Waals surface area contributed by atoms with Gasteiger partial charge in [-0.1, -0.05) is 11.6 Å². The van der Waals surface area contributed by atoms with Crippen LogP contribution in [0.4, 0.5) is 5.69 Å². The van der Waals surface area contributed by atoms with Gasteiger partial charge in [0, 0.05) is 27.5 Å². The Morgan fingerprint density at radius 3 is 2.75 bits per heavy atom. The lowest BCUT2D eigenvalue weighted by Crippen LogP contribution is -1.90. The van der Waals surface area contributed by atoms with Gasteiger partial charge in [-0.25, -0.2) is 4.98 Å². The fourth-order valence-electron chi connectivity index (χ4n) is 1.36. The van der Waals surface area contributed by atoms with E-state index in [0.717, 1.165) is 0 Å². The molecular formula is C9H4BrClN2O3. The maximum absolute atomic E-state index is 10.7. The van der Waals surface area contributed by atoms with E-state index in [0.29, 0.717) is 15.2 Å². The molecule has 82 valence electrons. The van der Waals surface area contributed by atoms with Crippen LogP contribution < -0.4 is 0 Å². The molecule has 0 fully saturated rings. The molecule has 0 bridgehead atoms. The van der Waals surface area contributed by atoms with Crippen LogP contribution in [0.5, 0.6) is 5.75 Å². The number of nitro benzene ring substituents is 1. The number of phenolic OH excluding ortho intramolecular Hbond substituents is 1. The first-order valence-electron chi connectivity index (χ1n) is 4.12. The van der Waals surface area contributed by atoms with Crippen molar-refractivity contribution in [3.05, 3.63) is 38.1 Å². The summed E-state index contributed by atoms with van der Waals surface area (Å²) in [5, 5.41) is 21.4. The quantitative estimate of drug-likeness (QED) is 0.498. The predicted molar refractivity (Wildman–Crippen MR) is 62.8 cm³/mol. The van der Waals surface area contributed by atoms with Crippen LogP contribution in [0.2, 0.25) is 5.15 Å². The number of halogens is 2. The zero-order valence-corrected chi connectivity index (χ0v) is 9.99. The summed E-state index contributed by atoms with van der Waals surface area (Å²) < 4.78 is 0.483. The number of hydrogen-bond acceptors (Lipinski definition) is 4. The minimum absolute atomic E-state index is 0.162. The molecule has 0 saturated carbocycles. The van der Waals surface area contributed by atoms with E-state index in [1.54, 1.807) is 0 Å². The number of benzene rings is 1. The summed E-state index contributed by atoms with van der Waals surface area (Å²) in [6, 6.07) is 2.61. The third-order valence-electron chi connectivity index (χ3n) is 2.09. The molecule has 0 atom stereocenters. The number of nitro groups is 1. The number of nitrogens with zero attached hydrogens (tertiary/aromatic N) is 2. The van der Waals surface area contributed by atoms with Gasteiger partial charge in [0.25, 0.3) is 0 Å².